The molecule has 3 amide bonds. The van der Waals surface area contributed by atoms with E-state index in [2.05, 4.69) is 10.6 Å². The van der Waals surface area contributed by atoms with Crippen molar-refractivity contribution in [2.45, 2.75) is 72.8 Å². The van der Waals surface area contributed by atoms with Crippen molar-refractivity contribution < 1.29 is 43.8 Å². The Labute approximate surface area is 248 Å². The lowest BCUT2D eigenvalue weighted by atomic mass is 9.89. The molecular weight excluding hydrogens is 546 g/mol. The van der Waals surface area contributed by atoms with Gasteiger partial charge < -0.3 is 30.0 Å². The summed E-state index contributed by atoms with van der Waals surface area (Å²) in [6.07, 6.45) is 0.119. The molecule has 0 saturated heterocycles. The number of aromatic hydroxyl groups is 1. The normalized spacial score (nSPS) is 12.9. The van der Waals surface area contributed by atoms with Crippen molar-refractivity contribution in [1.82, 2.24) is 16.1 Å². The standard InChI is InChI=1S/C29H45N3O9.CH4/c1-19(2)15-25(31-29(38)23(16-20(3)33)17-21-5-8-24(34)9-6-21)26(35)18-22(7-10-27(36)32-39)28(37)30-11-12-41-14-13-40-4;/h5-6,8-9,19,22-23,25,34,39H,7,10-18H2,1-4H3,(H,30,37)(H,31,38)(H,32,36);1H4/t22?,23-,25-;/m0./s1. The number of Topliss-reactive ketones (excluding diaryl/α,β-unsaturated/α-hetero) is 2. The number of ketones is 2. The van der Waals surface area contributed by atoms with Crippen molar-refractivity contribution in [3.63, 3.8) is 0 Å². The van der Waals surface area contributed by atoms with E-state index in [0.717, 1.165) is 5.56 Å². The summed E-state index contributed by atoms with van der Waals surface area (Å²) in [5.74, 6) is -3.65. The van der Waals surface area contributed by atoms with Crippen LogP contribution in [-0.4, -0.2) is 79.1 Å². The van der Waals surface area contributed by atoms with Gasteiger partial charge in [-0.15, -0.1) is 0 Å². The number of hydrogen-bond acceptors (Lipinski definition) is 9. The van der Waals surface area contributed by atoms with Gasteiger partial charge >= 0.3 is 0 Å². The second-order valence-electron chi connectivity index (χ2n) is 10.5. The zero-order chi connectivity index (χ0) is 30.8. The van der Waals surface area contributed by atoms with Gasteiger partial charge in [0.15, 0.2) is 5.78 Å². The summed E-state index contributed by atoms with van der Waals surface area (Å²) in [7, 11) is 1.55. The van der Waals surface area contributed by atoms with E-state index in [9.17, 15) is 29.1 Å². The van der Waals surface area contributed by atoms with Gasteiger partial charge in [0.05, 0.1) is 25.9 Å². The third kappa shape index (κ3) is 16.2. The van der Waals surface area contributed by atoms with Gasteiger partial charge in [0.2, 0.25) is 17.7 Å². The molecule has 0 aliphatic heterocycles. The SMILES string of the molecule is C.COCCOCCNC(=O)C(CCC(=O)NO)CC(=O)[C@H](CC(C)C)NC(=O)[C@@H](CC(C)=O)Cc1ccc(O)cc1. The minimum atomic E-state index is -0.906. The molecule has 3 atom stereocenters. The van der Waals surface area contributed by atoms with Crippen LogP contribution in [0.2, 0.25) is 0 Å². The number of ether oxygens (including phenoxy) is 2. The number of benzene rings is 1. The molecule has 1 aromatic carbocycles. The number of carbonyl (C=O) groups is 5. The van der Waals surface area contributed by atoms with Gasteiger partial charge in [0.25, 0.3) is 0 Å². The Morgan fingerprint density at radius 3 is 2.17 bits per heavy atom. The first-order valence-corrected chi connectivity index (χ1v) is 13.8. The second kappa shape index (κ2) is 21.4. The van der Waals surface area contributed by atoms with Crippen LogP contribution in [0.3, 0.4) is 0 Å². The number of carbonyl (C=O) groups excluding carboxylic acids is 5. The Kier molecular flexibility index (Phi) is 19.7. The Morgan fingerprint density at radius 2 is 1.60 bits per heavy atom. The molecule has 0 aliphatic carbocycles. The number of phenolic OH excluding ortho intramolecular Hbond substituents is 1. The molecule has 12 heteroatoms. The molecule has 0 radical (unpaired) electrons. The fourth-order valence-electron chi connectivity index (χ4n) is 4.26. The average Bonchev–Trinajstić information content (AvgIpc) is 2.92. The van der Waals surface area contributed by atoms with Crippen LogP contribution in [0.1, 0.15) is 65.9 Å². The number of phenols is 1. The molecule has 0 aromatic heterocycles. The summed E-state index contributed by atoms with van der Waals surface area (Å²) in [5.41, 5.74) is 2.28. The summed E-state index contributed by atoms with van der Waals surface area (Å²) in [6.45, 7) is 6.38. The number of amides is 3. The number of hydroxylamine groups is 1. The highest BCUT2D eigenvalue weighted by Crippen LogP contribution is 2.20. The van der Waals surface area contributed by atoms with Gasteiger partial charge in [-0.05, 0) is 49.8 Å². The maximum Gasteiger partial charge on any atom is 0.243 e. The number of nitrogens with one attached hydrogen (secondary N) is 3. The van der Waals surface area contributed by atoms with Crippen LogP contribution < -0.4 is 16.1 Å². The highest BCUT2D eigenvalue weighted by atomic mass is 16.5. The van der Waals surface area contributed by atoms with Crippen molar-refractivity contribution in [3.8, 4) is 5.75 Å². The van der Waals surface area contributed by atoms with E-state index < -0.39 is 35.6 Å². The van der Waals surface area contributed by atoms with Crippen molar-refractivity contribution in [2.24, 2.45) is 17.8 Å². The van der Waals surface area contributed by atoms with E-state index in [0.29, 0.717) is 19.6 Å². The van der Waals surface area contributed by atoms with Crippen LogP contribution in [-0.2, 0) is 39.9 Å². The highest BCUT2D eigenvalue weighted by molar-refractivity contribution is 5.94. The van der Waals surface area contributed by atoms with Gasteiger partial charge in [-0.1, -0.05) is 33.4 Å². The third-order valence-corrected chi connectivity index (χ3v) is 6.38. The molecule has 1 rings (SSSR count). The number of hydrogen-bond donors (Lipinski definition) is 5. The van der Waals surface area contributed by atoms with Gasteiger partial charge in [-0.2, -0.15) is 0 Å². The maximum atomic E-state index is 13.5. The van der Waals surface area contributed by atoms with Crippen LogP contribution in [0.15, 0.2) is 24.3 Å². The maximum absolute atomic E-state index is 13.5. The predicted octanol–water partition coefficient (Wildman–Crippen LogP) is 2.34. The van der Waals surface area contributed by atoms with E-state index in [1.165, 1.54) is 24.5 Å². The van der Waals surface area contributed by atoms with Gasteiger partial charge in [0.1, 0.15) is 11.5 Å². The summed E-state index contributed by atoms with van der Waals surface area (Å²) < 4.78 is 10.2. The van der Waals surface area contributed by atoms with Crippen LogP contribution in [0, 0.1) is 17.8 Å². The molecule has 0 saturated carbocycles. The van der Waals surface area contributed by atoms with Crippen LogP contribution in [0.25, 0.3) is 0 Å². The molecule has 0 aliphatic rings. The van der Waals surface area contributed by atoms with Gasteiger partial charge in [-0.3, -0.25) is 24.4 Å². The molecule has 12 nitrogen and oxygen atoms in total. The predicted molar refractivity (Wildman–Crippen MR) is 157 cm³/mol. The lowest BCUT2D eigenvalue weighted by Crippen LogP contribution is -2.46. The Balaban J connectivity index is 0.0000168. The second-order valence-corrected chi connectivity index (χ2v) is 10.5. The molecule has 0 fully saturated rings. The van der Waals surface area contributed by atoms with Crippen molar-refractivity contribution >= 4 is 29.3 Å². The molecule has 5 N–H and O–H groups in total. The minimum Gasteiger partial charge on any atom is -0.508 e. The fourth-order valence-corrected chi connectivity index (χ4v) is 4.26. The van der Waals surface area contributed by atoms with Gasteiger partial charge in [0, 0.05) is 44.8 Å². The quantitative estimate of drug-likeness (QED) is 0.0810. The lowest BCUT2D eigenvalue weighted by molar-refractivity contribution is -0.134. The first-order chi connectivity index (χ1) is 19.5. The molecule has 0 heterocycles. The monoisotopic (exact) mass is 595 g/mol. The first-order valence-electron chi connectivity index (χ1n) is 13.8. The summed E-state index contributed by atoms with van der Waals surface area (Å²) >= 11 is 0. The Bertz CT molecular complexity index is 983. The number of rotatable bonds is 21. The molecule has 0 bridgehead atoms. The summed E-state index contributed by atoms with van der Waals surface area (Å²) in [4.78, 5) is 63.3. The average molecular weight is 596 g/mol. The zero-order valence-electron chi connectivity index (χ0n) is 24.4. The van der Waals surface area contributed by atoms with E-state index in [1.54, 1.807) is 19.2 Å². The summed E-state index contributed by atoms with van der Waals surface area (Å²) in [5, 5.41) is 23.9. The molecule has 0 spiro atoms. The molecule has 42 heavy (non-hydrogen) atoms. The molecular formula is C30H49N3O9. The smallest absolute Gasteiger partial charge is 0.243 e. The van der Waals surface area contributed by atoms with Crippen LogP contribution in [0.4, 0.5) is 0 Å². The topological polar surface area (TPSA) is 180 Å². The van der Waals surface area contributed by atoms with Crippen molar-refractivity contribution in [2.75, 3.05) is 33.5 Å². The van der Waals surface area contributed by atoms with E-state index in [1.807, 2.05) is 13.8 Å². The van der Waals surface area contributed by atoms with Gasteiger partial charge in [-0.25, -0.2) is 5.48 Å². The van der Waals surface area contributed by atoms with E-state index in [-0.39, 0.29) is 75.9 Å². The molecule has 238 valence electrons. The van der Waals surface area contributed by atoms with Crippen molar-refractivity contribution in [1.29, 1.82) is 0 Å². The fraction of sp³-hybridized carbons (Fsp3) is 0.633. The zero-order valence-corrected chi connectivity index (χ0v) is 24.4. The minimum absolute atomic E-state index is 0. The third-order valence-electron chi connectivity index (χ3n) is 6.38. The summed E-state index contributed by atoms with van der Waals surface area (Å²) in [6, 6.07) is 5.42. The van der Waals surface area contributed by atoms with Crippen LogP contribution >= 0.6 is 0 Å². The Hall–Kier alpha value is -3.35. The van der Waals surface area contributed by atoms with E-state index >= 15 is 0 Å². The number of methoxy groups -OCH3 is 1. The van der Waals surface area contributed by atoms with E-state index in [4.69, 9.17) is 14.7 Å². The highest BCUT2D eigenvalue weighted by Gasteiger charge is 2.31. The molecule has 1 aromatic rings. The lowest BCUT2D eigenvalue weighted by Gasteiger charge is -2.25. The largest absolute Gasteiger partial charge is 0.508 e. The Morgan fingerprint density at radius 1 is 0.929 bits per heavy atom. The van der Waals surface area contributed by atoms with Crippen LogP contribution in [0.5, 0.6) is 5.75 Å². The van der Waals surface area contributed by atoms with Crippen molar-refractivity contribution in [3.05, 3.63) is 29.8 Å². The first kappa shape index (κ1) is 38.6. The molecule has 1 unspecified atom stereocenters.